The predicted octanol–water partition coefficient (Wildman–Crippen LogP) is 3.27. The van der Waals surface area contributed by atoms with Crippen molar-refractivity contribution in [3.63, 3.8) is 0 Å². The quantitative estimate of drug-likeness (QED) is 0.920. The van der Waals surface area contributed by atoms with Crippen LogP contribution in [-0.2, 0) is 11.3 Å². The van der Waals surface area contributed by atoms with Gasteiger partial charge in [0.05, 0.1) is 12.0 Å². The first kappa shape index (κ1) is 17.8. The monoisotopic (exact) mass is 328 g/mol. The first-order valence-electron chi connectivity index (χ1n) is 7.91. The zero-order valence-corrected chi connectivity index (χ0v) is 13.5. The molecule has 0 spiro atoms. The lowest BCUT2D eigenvalue weighted by molar-refractivity contribution is -0.188. The van der Waals surface area contributed by atoms with Gasteiger partial charge < -0.3 is 5.32 Å². The van der Waals surface area contributed by atoms with Gasteiger partial charge >= 0.3 is 6.18 Å². The van der Waals surface area contributed by atoms with Gasteiger partial charge in [0, 0.05) is 13.1 Å². The Balaban J connectivity index is 1.87. The summed E-state index contributed by atoms with van der Waals surface area (Å²) >= 11 is 0. The highest BCUT2D eigenvalue weighted by Gasteiger charge is 2.43. The van der Waals surface area contributed by atoms with E-state index in [9.17, 15) is 18.0 Å². The highest BCUT2D eigenvalue weighted by molar-refractivity contribution is 5.81. The van der Waals surface area contributed by atoms with Gasteiger partial charge in [-0.1, -0.05) is 29.8 Å². The normalized spacial score (nSPS) is 21.0. The summed E-state index contributed by atoms with van der Waals surface area (Å²) in [6.07, 6.45) is -3.56. The minimum atomic E-state index is -4.18. The average molecular weight is 328 g/mol. The molecule has 2 atom stereocenters. The molecule has 128 valence electrons. The molecule has 0 bridgehead atoms. The van der Waals surface area contributed by atoms with Gasteiger partial charge in [-0.3, -0.25) is 9.69 Å². The number of carbonyl (C=O) groups is 1. The van der Waals surface area contributed by atoms with E-state index in [0.29, 0.717) is 19.5 Å². The van der Waals surface area contributed by atoms with E-state index in [-0.39, 0.29) is 18.9 Å². The van der Waals surface area contributed by atoms with Gasteiger partial charge in [0.15, 0.2) is 0 Å². The van der Waals surface area contributed by atoms with E-state index in [1.807, 2.05) is 31.2 Å². The van der Waals surface area contributed by atoms with Gasteiger partial charge in [-0.25, -0.2) is 0 Å². The van der Waals surface area contributed by atoms with Crippen LogP contribution < -0.4 is 5.32 Å². The van der Waals surface area contributed by atoms with Crippen LogP contribution >= 0.6 is 0 Å². The molecular weight excluding hydrogens is 305 g/mol. The maximum absolute atomic E-state index is 12.9. The number of rotatable bonds is 4. The summed E-state index contributed by atoms with van der Waals surface area (Å²) in [5.74, 6) is -1.56. The standard InChI is InChI=1S/C17H23F3N2O/c1-12-5-7-14(8-6-12)10-21-16(23)13(2)22-9-3-4-15(11-22)17(18,19)20/h5-8,13,15H,3-4,9-11H2,1-2H3,(H,21,23). The van der Waals surface area contributed by atoms with Crippen molar-refractivity contribution >= 4 is 5.91 Å². The molecule has 2 rings (SSSR count). The molecule has 1 amide bonds. The molecule has 1 fully saturated rings. The maximum Gasteiger partial charge on any atom is 0.393 e. The summed E-state index contributed by atoms with van der Waals surface area (Å²) < 4.78 is 38.6. The second-order valence-corrected chi connectivity index (χ2v) is 6.26. The van der Waals surface area contributed by atoms with Crippen LogP contribution in [0.25, 0.3) is 0 Å². The number of halogens is 3. The van der Waals surface area contributed by atoms with Crippen LogP contribution in [0.3, 0.4) is 0 Å². The van der Waals surface area contributed by atoms with Crippen molar-refractivity contribution in [1.29, 1.82) is 0 Å². The summed E-state index contributed by atoms with van der Waals surface area (Å²) in [6.45, 7) is 4.48. The lowest BCUT2D eigenvalue weighted by Crippen LogP contribution is -2.51. The summed E-state index contributed by atoms with van der Waals surface area (Å²) in [7, 11) is 0. The fraction of sp³-hybridized carbons (Fsp3) is 0.588. The fourth-order valence-electron chi connectivity index (χ4n) is 2.83. The molecule has 0 saturated carbocycles. The largest absolute Gasteiger partial charge is 0.393 e. The molecule has 0 radical (unpaired) electrons. The molecule has 1 aliphatic heterocycles. The Morgan fingerprint density at radius 3 is 2.61 bits per heavy atom. The molecule has 2 unspecified atom stereocenters. The van der Waals surface area contributed by atoms with Gasteiger partial charge in [0.25, 0.3) is 0 Å². The smallest absolute Gasteiger partial charge is 0.351 e. The fourth-order valence-corrected chi connectivity index (χ4v) is 2.83. The van der Waals surface area contributed by atoms with E-state index >= 15 is 0 Å². The van der Waals surface area contributed by atoms with Crippen molar-refractivity contribution in [3.8, 4) is 0 Å². The Morgan fingerprint density at radius 2 is 2.00 bits per heavy atom. The minimum Gasteiger partial charge on any atom is -0.351 e. The number of hydrogen-bond acceptors (Lipinski definition) is 2. The van der Waals surface area contributed by atoms with E-state index in [1.54, 1.807) is 11.8 Å². The van der Waals surface area contributed by atoms with Crippen LogP contribution in [0.4, 0.5) is 13.2 Å². The highest BCUT2D eigenvalue weighted by Crippen LogP contribution is 2.33. The summed E-state index contributed by atoms with van der Waals surface area (Å²) in [5, 5.41) is 2.81. The molecule has 3 nitrogen and oxygen atoms in total. The third-order valence-electron chi connectivity index (χ3n) is 4.43. The second-order valence-electron chi connectivity index (χ2n) is 6.26. The van der Waals surface area contributed by atoms with E-state index in [1.165, 1.54) is 0 Å². The van der Waals surface area contributed by atoms with Crippen molar-refractivity contribution in [2.24, 2.45) is 5.92 Å². The van der Waals surface area contributed by atoms with Crippen LogP contribution in [-0.4, -0.2) is 36.1 Å². The number of carbonyl (C=O) groups excluding carboxylic acids is 1. The molecule has 0 aliphatic carbocycles. The van der Waals surface area contributed by atoms with Gasteiger partial charge in [-0.2, -0.15) is 13.2 Å². The lowest BCUT2D eigenvalue weighted by atomic mass is 9.96. The topological polar surface area (TPSA) is 32.3 Å². The number of alkyl halides is 3. The highest BCUT2D eigenvalue weighted by atomic mass is 19.4. The number of amides is 1. The number of hydrogen-bond donors (Lipinski definition) is 1. The molecule has 1 aromatic carbocycles. The Labute approximate surface area is 134 Å². The Kier molecular flexibility index (Phi) is 5.68. The Morgan fingerprint density at radius 1 is 1.35 bits per heavy atom. The summed E-state index contributed by atoms with van der Waals surface area (Å²) in [6, 6.07) is 7.24. The molecule has 1 N–H and O–H groups in total. The third kappa shape index (κ3) is 4.96. The Bertz CT molecular complexity index is 528. The lowest BCUT2D eigenvalue weighted by Gasteiger charge is -2.36. The van der Waals surface area contributed by atoms with E-state index < -0.39 is 18.1 Å². The molecule has 6 heteroatoms. The molecule has 0 aromatic heterocycles. The maximum atomic E-state index is 12.9. The first-order valence-corrected chi connectivity index (χ1v) is 7.91. The number of likely N-dealkylation sites (tertiary alicyclic amines) is 1. The minimum absolute atomic E-state index is 0.0946. The summed E-state index contributed by atoms with van der Waals surface area (Å²) in [4.78, 5) is 13.8. The van der Waals surface area contributed by atoms with E-state index in [4.69, 9.17) is 0 Å². The number of piperidine rings is 1. The van der Waals surface area contributed by atoms with Gasteiger partial charge in [0.2, 0.25) is 5.91 Å². The number of nitrogens with one attached hydrogen (secondary N) is 1. The van der Waals surface area contributed by atoms with Crippen molar-refractivity contribution < 1.29 is 18.0 Å². The van der Waals surface area contributed by atoms with Gasteiger partial charge in [-0.05, 0) is 38.8 Å². The average Bonchev–Trinajstić information content (AvgIpc) is 2.52. The third-order valence-corrected chi connectivity index (χ3v) is 4.43. The van der Waals surface area contributed by atoms with E-state index in [0.717, 1.165) is 11.1 Å². The molecular formula is C17H23F3N2O. The molecule has 1 aromatic rings. The predicted molar refractivity (Wildman–Crippen MR) is 82.8 cm³/mol. The van der Waals surface area contributed by atoms with Crippen LogP contribution in [0.15, 0.2) is 24.3 Å². The van der Waals surface area contributed by atoms with Crippen LogP contribution in [0.5, 0.6) is 0 Å². The van der Waals surface area contributed by atoms with Crippen molar-refractivity contribution in [1.82, 2.24) is 10.2 Å². The second kappa shape index (κ2) is 7.34. The zero-order chi connectivity index (χ0) is 17.0. The van der Waals surface area contributed by atoms with Gasteiger partial charge in [-0.15, -0.1) is 0 Å². The van der Waals surface area contributed by atoms with Crippen molar-refractivity contribution in [2.75, 3.05) is 13.1 Å². The summed E-state index contributed by atoms with van der Waals surface area (Å²) in [5.41, 5.74) is 2.11. The van der Waals surface area contributed by atoms with E-state index in [2.05, 4.69) is 5.32 Å². The van der Waals surface area contributed by atoms with Crippen LogP contribution in [0, 0.1) is 12.8 Å². The number of benzene rings is 1. The number of nitrogens with zero attached hydrogens (tertiary/aromatic N) is 1. The molecule has 23 heavy (non-hydrogen) atoms. The first-order chi connectivity index (χ1) is 10.8. The van der Waals surface area contributed by atoms with Crippen LogP contribution in [0.2, 0.25) is 0 Å². The van der Waals surface area contributed by atoms with Crippen LogP contribution in [0.1, 0.15) is 30.9 Å². The van der Waals surface area contributed by atoms with Gasteiger partial charge in [0.1, 0.15) is 0 Å². The molecule has 1 saturated heterocycles. The Hall–Kier alpha value is -1.56. The SMILES string of the molecule is Cc1ccc(CNC(=O)C(C)N2CCCC(C(F)(F)F)C2)cc1. The van der Waals surface area contributed by atoms with Crippen molar-refractivity contribution in [2.45, 2.75) is 45.5 Å². The number of aryl methyl sites for hydroxylation is 1. The molecule has 1 aliphatic rings. The van der Waals surface area contributed by atoms with Crippen molar-refractivity contribution in [3.05, 3.63) is 35.4 Å². The zero-order valence-electron chi connectivity index (χ0n) is 13.5. The molecule has 1 heterocycles.